The summed E-state index contributed by atoms with van der Waals surface area (Å²) < 4.78 is 0. The minimum absolute atomic E-state index is 0.703. The van der Waals surface area contributed by atoms with Crippen molar-refractivity contribution < 1.29 is 0 Å². The highest BCUT2D eigenvalue weighted by Crippen LogP contribution is 2.31. The Morgan fingerprint density at radius 2 is 1.87 bits per heavy atom. The lowest BCUT2D eigenvalue weighted by Gasteiger charge is -2.21. The molecule has 1 heterocycles. The fourth-order valence-corrected chi connectivity index (χ4v) is 2.23. The molecule has 15 heavy (non-hydrogen) atoms. The molecule has 0 bridgehead atoms. The Morgan fingerprint density at radius 3 is 2.47 bits per heavy atom. The smallest absolute Gasteiger partial charge is 0.222 e. The van der Waals surface area contributed by atoms with Gasteiger partial charge in [0.1, 0.15) is 0 Å². The van der Waals surface area contributed by atoms with Crippen molar-refractivity contribution >= 4 is 5.95 Å². The number of hydrogen-bond donors (Lipinski definition) is 1. The maximum absolute atomic E-state index is 4.32. The van der Waals surface area contributed by atoms with Gasteiger partial charge < -0.3 is 5.32 Å². The Bertz CT molecular complexity index is 288. The Labute approximate surface area is 91.3 Å². The number of nitrogens with zero attached hydrogens (tertiary/aromatic N) is 2. The SMILES string of the molecule is CCNc1ncc(C2CCCCC2)cn1. The molecule has 0 saturated heterocycles. The minimum Gasteiger partial charge on any atom is -0.355 e. The zero-order valence-electron chi connectivity index (χ0n) is 9.37. The summed E-state index contributed by atoms with van der Waals surface area (Å²) in [5, 5.41) is 3.12. The first-order valence-electron chi connectivity index (χ1n) is 5.96. The van der Waals surface area contributed by atoms with Gasteiger partial charge in [0.05, 0.1) is 0 Å². The summed E-state index contributed by atoms with van der Waals surface area (Å²) in [5.74, 6) is 1.45. The molecule has 82 valence electrons. The molecule has 1 aromatic rings. The monoisotopic (exact) mass is 205 g/mol. The molecule has 3 heteroatoms. The molecule has 1 aliphatic rings. The van der Waals surface area contributed by atoms with Crippen LogP contribution in [0.4, 0.5) is 5.95 Å². The molecule has 0 aromatic carbocycles. The van der Waals surface area contributed by atoms with E-state index in [1.807, 2.05) is 12.4 Å². The summed E-state index contributed by atoms with van der Waals surface area (Å²) in [4.78, 5) is 8.64. The van der Waals surface area contributed by atoms with E-state index in [1.165, 1.54) is 37.7 Å². The van der Waals surface area contributed by atoms with E-state index in [4.69, 9.17) is 0 Å². The fraction of sp³-hybridized carbons (Fsp3) is 0.667. The van der Waals surface area contributed by atoms with Crippen LogP contribution in [-0.4, -0.2) is 16.5 Å². The van der Waals surface area contributed by atoms with Gasteiger partial charge in [0.25, 0.3) is 0 Å². The molecule has 1 N–H and O–H groups in total. The molecule has 1 aliphatic carbocycles. The number of rotatable bonds is 3. The molecule has 1 fully saturated rings. The standard InChI is InChI=1S/C12H19N3/c1-2-13-12-14-8-11(9-15-12)10-6-4-3-5-7-10/h8-10H,2-7H2,1H3,(H,13,14,15). The van der Waals surface area contributed by atoms with Crippen LogP contribution < -0.4 is 5.32 Å². The average Bonchev–Trinajstić information content (AvgIpc) is 2.32. The van der Waals surface area contributed by atoms with Gasteiger partial charge in [-0.2, -0.15) is 0 Å². The number of aromatic nitrogens is 2. The topological polar surface area (TPSA) is 37.8 Å². The number of nitrogens with one attached hydrogen (secondary N) is 1. The highest BCUT2D eigenvalue weighted by atomic mass is 15.1. The third kappa shape index (κ3) is 2.67. The third-order valence-electron chi connectivity index (χ3n) is 3.08. The van der Waals surface area contributed by atoms with E-state index in [0.29, 0.717) is 5.92 Å². The highest BCUT2D eigenvalue weighted by molar-refractivity contribution is 5.25. The number of hydrogen-bond acceptors (Lipinski definition) is 3. The van der Waals surface area contributed by atoms with E-state index in [2.05, 4.69) is 22.2 Å². The quantitative estimate of drug-likeness (QED) is 0.824. The normalized spacial score (nSPS) is 17.7. The Balaban J connectivity index is 2.02. The highest BCUT2D eigenvalue weighted by Gasteiger charge is 2.15. The predicted molar refractivity (Wildman–Crippen MR) is 62.0 cm³/mol. The zero-order chi connectivity index (χ0) is 10.5. The molecular weight excluding hydrogens is 186 g/mol. The average molecular weight is 205 g/mol. The molecular formula is C12H19N3. The van der Waals surface area contributed by atoms with Gasteiger partial charge in [0.15, 0.2) is 0 Å². The Hall–Kier alpha value is -1.12. The third-order valence-corrected chi connectivity index (χ3v) is 3.08. The Morgan fingerprint density at radius 1 is 1.20 bits per heavy atom. The summed E-state index contributed by atoms with van der Waals surface area (Å²) in [6, 6.07) is 0. The van der Waals surface area contributed by atoms with Gasteiger partial charge >= 0.3 is 0 Å². The van der Waals surface area contributed by atoms with Gasteiger partial charge in [0, 0.05) is 18.9 Å². The van der Waals surface area contributed by atoms with Crippen LogP contribution in [0, 0.1) is 0 Å². The van der Waals surface area contributed by atoms with Crippen molar-refractivity contribution in [3.05, 3.63) is 18.0 Å². The second kappa shape index (κ2) is 5.10. The first-order chi connectivity index (χ1) is 7.40. The largest absolute Gasteiger partial charge is 0.355 e. The lowest BCUT2D eigenvalue weighted by molar-refractivity contribution is 0.442. The summed E-state index contributed by atoms with van der Waals surface area (Å²) in [6.45, 7) is 2.93. The van der Waals surface area contributed by atoms with Gasteiger partial charge in [-0.05, 0) is 31.2 Å². The van der Waals surface area contributed by atoms with Gasteiger partial charge in [0.2, 0.25) is 5.95 Å². The van der Waals surface area contributed by atoms with Crippen LogP contribution in [0.2, 0.25) is 0 Å². The summed E-state index contributed by atoms with van der Waals surface area (Å²) in [5.41, 5.74) is 1.32. The first kappa shape index (κ1) is 10.4. The molecule has 3 nitrogen and oxygen atoms in total. The summed E-state index contributed by atoms with van der Waals surface area (Å²) in [7, 11) is 0. The second-order valence-corrected chi connectivity index (χ2v) is 4.21. The number of anilines is 1. The predicted octanol–water partition coefficient (Wildman–Crippen LogP) is 2.96. The molecule has 0 aliphatic heterocycles. The van der Waals surface area contributed by atoms with E-state index >= 15 is 0 Å². The van der Waals surface area contributed by atoms with Crippen LogP contribution in [-0.2, 0) is 0 Å². The maximum Gasteiger partial charge on any atom is 0.222 e. The van der Waals surface area contributed by atoms with Crippen LogP contribution in [0.15, 0.2) is 12.4 Å². The molecule has 2 rings (SSSR count). The van der Waals surface area contributed by atoms with Crippen LogP contribution in [0.5, 0.6) is 0 Å². The van der Waals surface area contributed by atoms with Crippen molar-refractivity contribution in [2.45, 2.75) is 44.9 Å². The minimum atomic E-state index is 0.703. The van der Waals surface area contributed by atoms with Gasteiger partial charge in [-0.25, -0.2) is 9.97 Å². The summed E-state index contributed by atoms with van der Waals surface area (Å²) >= 11 is 0. The van der Waals surface area contributed by atoms with Gasteiger partial charge in [-0.3, -0.25) is 0 Å². The van der Waals surface area contributed by atoms with E-state index < -0.39 is 0 Å². The van der Waals surface area contributed by atoms with Crippen molar-refractivity contribution in [2.24, 2.45) is 0 Å². The molecule has 0 unspecified atom stereocenters. The molecule has 0 radical (unpaired) electrons. The summed E-state index contributed by atoms with van der Waals surface area (Å²) in [6.07, 6.45) is 10.7. The Kier molecular flexibility index (Phi) is 3.54. The van der Waals surface area contributed by atoms with Crippen molar-refractivity contribution in [1.82, 2.24) is 9.97 Å². The van der Waals surface area contributed by atoms with Crippen LogP contribution in [0.1, 0.15) is 50.5 Å². The molecule has 0 spiro atoms. The van der Waals surface area contributed by atoms with Crippen molar-refractivity contribution in [3.8, 4) is 0 Å². The van der Waals surface area contributed by atoms with Gasteiger partial charge in [-0.1, -0.05) is 19.3 Å². The maximum atomic E-state index is 4.32. The van der Waals surface area contributed by atoms with E-state index in [1.54, 1.807) is 0 Å². The molecule has 0 atom stereocenters. The van der Waals surface area contributed by atoms with E-state index in [9.17, 15) is 0 Å². The second-order valence-electron chi connectivity index (χ2n) is 4.21. The zero-order valence-corrected chi connectivity index (χ0v) is 9.37. The van der Waals surface area contributed by atoms with Crippen molar-refractivity contribution in [1.29, 1.82) is 0 Å². The van der Waals surface area contributed by atoms with E-state index in [-0.39, 0.29) is 0 Å². The fourth-order valence-electron chi connectivity index (χ4n) is 2.23. The lowest BCUT2D eigenvalue weighted by atomic mass is 9.85. The lowest BCUT2D eigenvalue weighted by Crippen LogP contribution is -2.07. The van der Waals surface area contributed by atoms with Crippen molar-refractivity contribution in [2.75, 3.05) is 11.9 Å². The first-order valence-corrected chi connectivity index (χ1v) is 5.96. The molecule has 0 amide bonds. The van der Waals surface area contributed by atoms with Crippen molar-refractivity contribution in [3.63, 3.8) is 0 Å². The molecule has 1 aromatic heterocycles. The van der Waals surface area contributed by atoms with E-state index in [0.717, 1.165) is 12.5 Å². The molecule has 1 saturated carbocycles. The van der Waals surface area contributed by atoms with Crippen LogP contribution in [0.3, 0.4) is 0 Å². The van der Waals surface area contributed by atoms with Crippen LogP contribution in [0.25, 0.3) is 0 Å². The van der Waals surface area contributed by atoms with Crippen LogP contribution >= 0.6 is 0 Å². The van der Waals surface area contributed by atoms with Gasteiger partial charge in [-0.15, -0.1) is 0 Å².